The van der Waals surface area contributed by atoms with Crippen molar-refractivity contribution in [2.45, 2.75) is 26.4 Å². The molecule has 0 heterocycles. The number of hydrogen-bond donors (Lipinski definition) is 1. The standard InChI is InChI=1S/C11H18O4/c1-5-7-6(2)8(12)10(14-3)11(15-4)9(7)13/h6-7,9,13H,5H2,1-4H3. The van der Waals surface area contributed by atoms with E-state index in [1.54, 1.807) is 0 Å². The zero-order valence-corrected chi connectivity index (χ0v) is 9.61. The van der Waals surface area contributed by atoms with Crippen molar-refractivity contribution in [3.63, 3.8) is 0 Å². The zero-order chi connectivity index (χ0) is 11.6. The first kappa shape index (κ1) is 12.0. The van der Waals surface area contributed by atoms with Gasteiger partial charge >= 0.3 is 0 Å². The first-order valence-electron chi connectivity index (χ1n) is 5.12. The average molecular weight is 214 g/mol. The predicted octanol–water partition coefficient (Wildman–Crippen LogP) is 1.10. The normalized spacial score (nSPS) is 31.8. The van der Waals surface area contributed by atoms with Crippen LogP contribution in [0.2, 0.25) is 0 Å². The second-order valence-corrected chi connectivity index (χ2v) is 3.77. The van der Waals surface area contributed by atoms with Crippen molar-refractivity contribution in [3.8, 4) is 0 Å². The molecule has 4 heteroatoms. The molecule has 1 N–H and O–H groups in total. The van der Waals surface area contributed by atoms with Crippen molar-refractivity contribution >= 4 is 5.78 Å². The lowest BCUT2D eigenvalue weighted by atomic mass is 9.78. The molecule has 15 heavy (non-hydrogen) atoms. The largest absolute Gasteiger partial charge is 0.494 e. The molecule has 0 aromatic carbocycles. The van der Waals surface area contributed by atoms with E-state index in [4.69, 9.17) is 9.47 Å². The Morgan fingerprint density at radius 2 is 1.93 bits per heavy atom. The first-order valence-corrected chi connectivity index (χ1v) is 5.12. The van der Waals surface area contributed by atoms with E-state index in [0.717, 1.165) is 6.42 Å². The summed E-state index contributed by atoms with van der Waals surface area (Å²) in [5.74, 6) is 0.00588. The summed E-state index contributed by atoms with van der Waals surface area (Å²) in [6, 6.07) is 0. The Bertz CT molecular complexity index is 282. The molecule has 0 aliphatic heterocycles. The topological polar surface area (TPSA) is 55.8 Å². The molecule has 0 bridgehead atoms. The Labute approximate surface area is 89.9 Å². The summed E-state index contributed by atoms with van der Waals surface area (Å²) in [6.45, 7) is 3.76. The highest BCUT2D eigenvalue weighted by Crippen LogP contribution is 2.34. The molecule has 0 saturated heterocycles. The number of methoxy groups -OCH3 is 2. The van der Waals surface area contributed by atoms with Gasteiger partial charge < -0.3 is 14.6 Å². The highest BCUT2D eigenvalue weighted by atomic mass is 16.5. The monoisotopic (exact) mass is 214 g/mol. The smallest absolute Gasteiger partial charge is 0.204 e. The van der Waals surface area contributed by atoms with Gasteiger partial charge in [-0.15, -0.1) is 0 Å². The summed E-state index contributed by atoms with van der Waals surface area (Å²) in [4.78, 5) is 11.9. The molecule has 0 fully saturated rings. The Balaban J connectivity index is 3.15. The van der Waals surface area contributed by atoms with Crippen LogP contribution >= 0.6 is 0 Å². The first-order chi connectivity index (χ1) is 7.08. The fourth-order valence-electron chi connectivity index (χ4n) is 2.12. The number of ketones is 1. The SMILES string of the molecule is CCC1C(C)C(=O)C(OC)=C(OC)C1O. The van der Waals surface area contributed by atoms with Gasteiger partial charge in [-0.05, 0) is 6.42 Å². The Morgan fingerprint density at radius 3 is 2.33 bits per heavy atom. The lowest BCUT2D eigenvalue weighted by Crippen LogP contribution is -2.40. The van der Waals surface area contributed by atoms with Crippen LogP contribution in [-0.2, 0) is 14.3 Å². The highest BCUT2D eigenvalue weighted by Gasteiger charge is 2.41. The maximum Gasteiger partial charge on any atom is 0.204 e. The number of aliphatic hydroxyl groups is 1. The van der Waals surface area contributed by atoms with Crippen LogP contribution in [0.25, 0.3) is 0 Å². The molecule has 0 aromatic heterocycles. The zero-order valence-electron chi connectivity index (χ0n) is 9.61. The predicted molar refractivity (Wildman–Crippen MR) is 55.0 cm³/mol. The number of allylic oxidation sites excluding steroid dienone is 1. The van der Waals surface area contributed by atoms with Gasteiger partial charge in [0, 0.05) is 11.8 Å². The minimum atomic E-state index is -0.748. The van der Waals surface area contributed by atoms with Gasteiger partial charge in [-0.2, -0.15) is 0 Å². The molecule has 1 aliphatic rings. The highest BCUT2D eigenvalue weighted by molar-refractivity contribution is 5.97. The molecule has 0 saturated carbocycles. The number of carbonyl (C=O) groups is 1. The van der Waals surface area contributed by atoms with E-state index < -0.39 is 6.10 Å². The molecule has 3 atom stereocenters. The Hall–Kier alpha value is -1.03. The number of ether oxygens (including phenoxy) is 2. The summed E-state index contributed by atoms with van der Waals surface area (Å²) >= 11 is 0. The molecule has 0 radical (unpaired) electrons. The van der Waals surface area contributed by atoms with E-state index in [0.29, 0.717) is 0 Å². The van der Waals surface area contributed by atoms with E-state index >= 15 is 0 Å². The summed E-state index contributed by atoms with van der Waals surface area (Å²) in [5, 5.41) is 10.0. The van der Waals surface area contributed by atoms with Crippen LogP contribution in [0.15, 0.2) is 11.5 Å². The van der Waals surface area contributed by atoms with E-state index in [-0.39, 0.29) is 29.1 Å². The number of carbonyl (C=O) groups excluding carboxylic acids is 1. The molecule has 0 aromatic rings. The number of rotatable bonds is 3. The van der Waals surface area contributed by atoms with Crippen LogP contribution in [0.5, 0.6) is 0 Å². The minimum Gasteiger partial charge on any atom is -0.494 e. The summed E-state index contributed by atoms with van der Waals surface area (Å²) < 4.78 is 10.0. The van der Waals surface area contributed by atoms with Crippen LogP contribution < -0.4 is 0 Å². The van der Waals surface area contributed by atoms with Gasteiger partial charge in [0.05, 0.1) is 14.2 Å². The maximum atomic E-state index is 11.9. The third-order valence-electron chi connectivity index (χ3n) is 3.07. The van der Waals surface area contributed by atoms with Crippen molar-refractivity contribution in [2.75, 3.05) is 14.2 Å². The molecular weight excluding hydrogens is 196 g/mol. The average Bonchev–Trinajstić information content (AvgIpc) is 2.23. The number of Topliss-reactive ketones (excluding diaryl/α,β-unsaturated/α-hetero) is 1. The maximum absolute atomic E-state index is 11.9. The second kappa shape index (κ2) is 4.66. The fraction of sp³-hybridized carbons (Fsp3) is 0.727. The van der Waals surface area contributed by atoms with E-state index in [9.17, 15) is 9.90 Å². The van der Waals surface area contributed by atoms with Crippen LogP contribution in [0.4, 0.5) is 0 Å². The van der Waals surface area contributed by atoms with Crippen LogP contribution in [0.3, 0.4) is 0 Å². The second-order valence-electron chi connectivity index (χ2n) is 3.77. The van der Waals surface area contributed by atoms with E-state index in [2.05, 4.69) is 0 Å². The van der Waals surface area contributed by atoms with Crippen molar-refractivity contribution < 1.29 is 19.4 Å². The van der Waals surface area contributed by atoms with Gasteiger partial charge in [-0.1, -0.05) is 13.8 Å². The molecular formula is C11H18O4. The van der Waals surface area contributed by atoms with Gasteiger partial charge in [0.2, 0.25) is 11.5 Å². The number of aliphatic hydroxyl groups excluding tert-OH is 1. The Morgan fingerprint density at radius 1 is 1.33 bits per heavy atom. The molecule has 1 rings (SSSR count). The lowest BCUT2D eigenvalue weighted by molar-refractivity contribution is -0.128. The third-order valence-corrected chi connectivity index (χ3v) is 3.07. The van der Waals surface area contributed by atoms with Gasteiger partial charge in [0.25, 0.3) is 0 Å². The van der Waals surface area contributed by atoms with Gasteiger partial charge in [-0.25, -0.2) is 0 Å². The fourth-order valence-corrected chi connectivity index (χ4v) is 2.12. The van der Waals surface area contributed by atoms with Gasteiger partial charge in [0.15, 0.2) is 5.76 Å². The number of hydrogen-bond acceptors (Lipinski definition) is 4. The van der Waals surface area contributed by atoms with E-state index in [1.165, 1.54) is 14.2 Å². The minimum absolute atomic E-state index is 0.0912. The molecule has 1 aliphatic carbocycles. The molecule has 4 nitrogen and oxygen atoms in total. The summed E-state index contributed by atoms with van der Waals surface area (Å²) in [7, 11) is 2.85. The van der Waals surface area contributed by atoms with Crippen molar-refractivity contribution in [3.05, 3.63) is 11.5 Å². The lowest BCUT2D eigenvalue weighted by Gasteiger charge is -2.33. The van der Waals surface area contributed by atoms with Gasteiger partial charge in [0.1, 0.15) is 6.10 Å². The third kappa shape index (κ3) is 1.86. The van der Waals surface area contributed by atoms with Crippen molar-refractivity contribution in [1.29, 1.82) is 0 Å². The van der Waals surface area contributed by atoms with Crippen LogP contribution in [0, 0.1) is 11.8 Å². The quantitative estimate of drug-likeness (QED) is 0.764. The summed E-state index contributed by atoms with van der Waals surface area (Å²) in [6.07, 6.45) is -0.0135. The molecule has 86 valence electrons. The molecule has 3 unspecified atom stereocenters. The molecule has 0 amide bonds. The van der Waals surface area contributed by atoms with Gasteiger partial charge in [-0.3, -0.25) is 4.79 Å². The summed E-state index contributed by atoms with van der Waals surface area (Å²) in [5.41, 5.74) is 0. The molecule has 0 spiro atoms. The van der Waals surface area contributed by atoms with Crippen LogP contribution in [0.1, 0.15) is 20.3 Å². The Kier molecular flexibility index (Phi) is 3.74. The van der Waals surface area contributed by atoms with E-state index in [1.807, 2.05) is 13.8 Å². The van der Waals surface area contributed by atoms with Crippen molar-refractivity contribution in [2.24, 2.45) is 11.8 Å². The van der Waals surface area contributed by atoms with Crippen LogP contribution in [-0.4, -0.2) is 31.2 Å². The van der Waals surface area contributed by atoms with Crippen molar-refractivity contribution in [1.82, 2.24) is 0 Å².